The maximum Gasteiger partial charge on any atom is 0.271 e. The Hall–Kier alpha value is -2.47. The summed E-state index contributed by atoms with van der Waals surface area (Å²) in [4.78, 5) is 25.4. The number of aromatic nitrogens is 2. The van der Waals surface area contributed by atoms with Crippen LogP contribution >= 0.6 is 0 Å². The van der Waals surface area contributed by atoms with E-state index in [-0.39, 0.29) is 23.2 Å². The predicted octanol–water partition coefficient (Wildman–Crippen LogP) is 0.947. The van der Waals surface area contributed by atoms with Crippen LogP contribution in [0.3, 0.4) is 0 Å². The second-order valence-corrected chi connectivity index (χ2v) is 5.85. The van der Waals surface area contributed by atoms with Crippen molar-refractivity contribution in [3.63, 3.8) is 0 Å². The summed E-state index contributed by atoms with van der Waals surface area (Å²) in [6.07, 6.45) is 1.04. The topological polar surface area (TPSA) is 78.1 Å². The van der Waals surface area contributed by atoms with E-state index in [1.54, 1.807) is 0 Å². The zero-order valence-corrected chi connectivity index (χ0v) is 13.1. The number of hydrogen-bond acceptors (Lipinski definition) is 4. The smallest absolute Gasteiger partial charge is 0.271 e. The van der Waals surface area contributed by atoms with Crippen LogP contribution in [0.25, 0.3) is 0 Å². The molecule has 3 rings (SSSR count). The van der Waals surface area contributed by atoms with E-state index in [1.807, 2.05) is 0 Å². The van der Waals surface area contributed by atoms with Gasteiger partial charge in [0, 0.05) is 31.7 Å². The Morgan fingerprint density at radius 3 is 2.83 bits per heavy atom. The third-order valence-corrected chi connectivity index (χ3v) is 4.25. The van der Waals surface area contributed by atoms with Gasteiger partial charge in [-0.05, 0) is 30.5 Å². The van der Waals surface area contributed by atoms with Crippen LogP contribution in [-0.2, 0) is 13.0 Å². The number of benzene rings is 1. The molecule has 0 saturated carbocycles. The van der Waals surface area contributed by atoms with Gasteiger partial charge in [-0.3, -0.25) is 14.5 Å². The summed E-state index contributed by atoms with van der Waals surface area (Å²) in [7, 11) is 0. The van der Waals surface area contributed by atoms with E-state index in [2.05, 4.69) is 51.6 Å². The number of fused-ring (bicyclic) bond motifs is 1. The van der Waals surface area contributed by atoms with E-state index in [0.29, 0.717) is 6.54 Å². The van der Waals surface area contributed by atoms with Gasteiger partial charge in [-0.2, -0.15) is 5.10 Å². The lowest BCUT2D eigenvalue weighted by molar-refractivity contribution is 0.0926. The fourth-order valence-corrected chi connectivity index (χ4v) is 2.82. The SMILES string of the molecule is C[C@@H](CNC(=O)c1ccc(=O)[nH]n1)N1CCc2ccccc2C1. The van der Waals surface area contributed by atoms with Gasteiger partial charge in [-0.25, -0.2) is 5.10 Å². The highest BCUT2D eigenvalue weighted by Crippen LogP contribution is 2.19. The van der Waals surface area contributed by atoms with Gasteiger partial charge in [0.1, 0.15) is 5.69 Å². The maximum atomic E-state index is 12.0. The highest BCUT2D eigenvalue weighted by atomic mass is 16.2. The van der Waals surface area contributed by atoms with E-state index < -0.39 is 0 Å². The van der Waals surface area contributed by atoms with E-state index in [0.717, 1.165) is 19.5 Å². The van der Waals surface area contributed by atoms with Gasteiger partial charge >= 0.3 is 0 Å². The first-order chi connectivity index (χ1) is 11.1. The normalized spacial score (nSPS) is 15.7. The quantitative estimate of drug-likeness (QED) is 0.881. The summed E-state index contributed by atoms with van der Waals surface area (Å²) in [5, 5.41) is 8.88. The molecule has 1 aromatic heterocycles. The van der Waals surface area contributed by atoms with Crippen LogP contribution in [0, 0.1) is 0 Å². The minimum atomic E-state index is -0.318. The lowest BCUT2D eigenvalue weighted by Gasteiger charge is -2.33. The molecule has 6 heteroatoms. The predicted molar refractivity (Wildman–Crippen MR) is 87.2 cm³/mol. The Morgan fingerprint density at radius 2 is 2.09 bits per heavy atom. The van der Waals surface area contributed by atoms with E-state index in [1.165, 1.54) is 23.3 Å². The molecule has 0 radical (unpaired) electrons. The first-order valence-electron chi connectivity index (χ1n) is 7.78. The molecule has 1 aliphatic rings. The number of amides is 1. The molecule has 23 heavy (non-hydrogen) atoms. The van der Waals surface area contributed by atoms with Gasteiger partial charge in [0.15, 0.2) is 0 Å². The van der Waals surface area contributed by atoms with Crippen LogP contribution in [0.1, 0.15) is 28.5 Å². The molecule has 2 heterocycles. The van der Waals surface area contributed by atoms with Crippen LogP contribution in [0.15, 0.2) is 41.2 Å². The number of carbonyl (C=O) groups is 1. The van der Waals surface area contributed by atoms with Crippen LogP contribution in [0.2, 0.25) is 0 Å². The van der Waals surface area contributed by atoms with Crippen LogP contribution < -0.4 is 10.9 Å². The summed E-state index contributed by atoms with van der Waals surface area (Å²) in [6, 6.07) is 11.4. The molecule has 1 amide bonds. The van der Waals surface area contributed by atoms with E-state index in [9.17, 15) is 9.59 Å². The average Bonchev–Trinajstić information content (AvgIpc) is 2.59. The first-order valence-corrected chi connectivity index (χ1v) is 7.78. The summed E-state index contributed by atoms with van der Waals surface area (Å²) in [5.74, 6) is -0.273. The third kappa shape index (κ3) is 3.65. The fraction of sp³-hybridized carbons (Fsp3) is 0.353. The van der Waals surface area contributed by atoms with Crippen molar-refractivity contribution in [2.45, 2.75) is 25.9 Å². The Morgan fingerprint density at radius 1 is 1.30 bits per heavy atom. The number of hydrogen-bond donors (Lipinski definition) is 2. The lowest BCUT2D eigenvalue weighted by atomic mass is 9.99. The van der Waals surface area contributed by atoms with Crippen LogP contribution in [0.5, 0.6) is 0 Å². The van der Waals surface area contributed by atoms with Gasteiger partial charge in [-0.15, -0.1) is 0 Å². The number of rotatable bonds is 4. The zero-order valence-electron chi connectivity index (χ0n) is 13.1. The molecule has 0 fully saturated rings. The molecule has 0 unspecified atom stereocenters. The number of nitrogens with zero attached hydrogens (tertiary/aromatic N) is 2. The number of carbonyl (C=O) groups excluding carboxylic acids is 1. The molecule has 0 bridgehead atoms. The third-order valence-electron chi connectivity index (χ3n) is 4.25. The standard InChI is InChI=1S/C17H20N4O2/c1-12(10-18-17(23)15-6-7-16(22)20-19-15)21-9-8-13-4-2-3-5-14(13)11-21/h2-7,12H,8-11H2,1H3,(H,18,23)(H,20,22)/t12-/m0/s1. The van der Waals surface area contributed by atoms with Crippen LogP contribution in [0.4, 0.5) is 0 Å². The highest BCUT2D eigenvalue weighted by molar-refractivity contribution is 5.91. The fourth-order valence-electron chi connectivity index (χ4n) is 2.82. The van der Waals surface area contributed by atoms with Gasteiger partial charge < -0.3 is 5.32 Å². The summed E-state index contributed by atoms with van der Waals surface area (Å²) < 4.78 is 0. The molecule has 6 nitrogen and oxygen atoms in total. The van der Waals surface area contributed by atoms with Gasteiger partial charge in [0.25, 0.3) is 11.5 Å². The monoisotopic (exact) mass is 312 g/mol. The largest absolute Gasteiger partial charge is 0.349 e. The van der Waals surface area contributed by atoms with E-state index >= 15 is 0 Å². The highest BCUT2D eigenvalue weighted by Gasteiger charge is 2.21. The second-order valence-electron chi connectivity index (χ2n) is 5.85. The summed E-state index contributed by atoms with van der Waals surface area (Å²) in [5.41, 5.74) is 2.68. The summed E-state index contributed by atoms with van der Waals surface area (Å²) in [6.45, 7) is 4.55. The van der Waals surface area contributed by atoms with Crippen molar-refractivity contribution in [3.8, 4) is 0 Å². The Kier molecular flexibility index (Phi) is 4.52. The maximum absolute atomic E-state index is 12.0. The Labute approximate surface area is 134 Å². The molecule has 2 N–H and O–H groups in total. The van der Waals surface area contributed by atoms with E-state index in [4.69, 9.17) is 0 Å². The minimum absolute atomic E-state index is 0.223. The Bertz CT molecular complexity index is 736. The summed E-state index contributed by atoms with van der Waals surface area (Å²) >= 11 is 0. The van der Waals surface area contributed by atoms with Gasteiger partial charge in [0.05, 0.1) is 0 Å². The van der Waals surface area contributed by atoms with Gasteiger partial charge in [0.2, 0.25) is 0 Å². The molecule has 1 aromatic carbocycles. The number of H-pyrrole nitrogens is 1. The first kappa shape index (κ1) is 15.4. The molecule has 0 spiro atoms. The Balaban J connectivity index is 1.56. The molecule has 120 valence electrons. The molecule has 0 saturated heterocycles. The molecular formula is C17H20N4O2. The molecule has 1 aliphatic heterocycles. The van der Waals surface area contributed by atoms with Crippen molar-refractivity contribution in [1.82, 2.24) is 20.4 Å². The van der Waals surface area contributed by atoms with Crippen molar-refractivity contribution in [2.24, 2.45) is 0 Å². The van der Waals surface area contributed by atoms with Crippen molar-refractivity contribution in [1.29, 1.82) is 0 Å². The van der Waals surface area contributed by atoms with Crippen LogP contribution in [-0.4, -0.2) is 40.1 Å². The molecule has 2 aromatic rings. The zero-order chi connectivity index (χ0) is 16.2. The van der Waals surface area contributed by atoms with Gasteiger partial charge in [-0.1, -0.05) is 24.3 Å². The second kappa shape index (κ2) is 6.75. The van der Waals surface area contributed by atoms with Crippen molar-refractivity contribution >= 4 is 5.91 Å². The molecule has 1 atom stereocenters. The van der Waals surface area contributed by atoms with Crippen molar-refractivity contribution < 1.29 is 4.79 Å². The lowest BCUT2D eigenvalue weighted by Crippen LogP contribution is -2.44. The van der Waals surface area contributed by atoms with Crippen molar-refractivity contribution in [3.05, 3.63) is 63.6 Å². The van der Waals surface area contributed by atoms with Crippen molar-refractivity contribution in [2.75, 3.05) is 13.1 Å². The molecule has 0 aliphatic carbocycles. The minimum Gasteiger partial charge on any atom is -0.349 e. The molecular weight excluding hydrogens is 292 g/mol. The number of aromatic amines is 1. The average molecular weight is 312 g/mol. The number of nitrogens with one attached hydrogen (secondary N) is 2.